The summed E-state index contributed by atoms with van der Waals surface area (Å²) in [6.07, 6.45) is 2.46. The maximum Gasteiger partial charge on any atom is 0.305 e. The maximum atomic E-state index is 12.2. The third kappa shape index (κ3) is 3.97. The molecule has 1 amide bonds. The van der Waals surface area contributed by atoms with Crippen molar-refractivity contribution in [2.24, 2.45) is 0 Å². The molecule has 0 aromatic heterocycles. The van der Waals surface area contributed by atoms with Gasteiger partial charge in [0, 0.05) is 12.6 Å². The molecular weight excluding hydrogens is 270 g/mol. The molecule has 5 heteroatoms. The van der Waals surface area contributed by atoms with E-state index in [0.29, 0.717) is 6.54 Å². The average Bonchev–Trinajstić information content (AvgIpc) is 2.92. The number of hydrogen-bond donors (Lipinski definition) is 1. The Morgan fingerprint density at radius 1 is 1.38 bits per heavy atom. The highest BCUT2D eigenvalue weighted by Gasteiger charge is 2.30. The SMILES string of the molecule is CCc1ccccc1OCC(=O)N1CCCC1CC(=O)O. The molecule has 0 radical (unpaired) electrons. The number of carbonyl (C=O) groups excluding carboxylic acids is 1. The zero-order valence-corrected chi connectivity index (χ0v) is 12.2. The summed E-state index contributed by atoms with van der Waals surface area (Å²) in [4.78, 5) is 24.7. The van der Waals surface area contributed by atoms with Crippen molar-refractivity contribution in [1.29, 1.82) is 0 Å². The Kier molecular flexibility index (Phi) is 5.20. The number of aliphatic carboxylic acids is 1. The molecule has 1 heterocycles. The van der Waals surface area contributed by atoms with Crippen molar-refractivity contribution in [2.75, 3.05) is 13.2 Å². The molecule has 1 unspecified atom stereocenters. The van der Waals surface area contributed by atoms with Crippen LogP contribution in [-0.2, 0) is 16.0 Å². The van der Waals surface area contributed by atoms with E-state index in [1.807, 2.05) is 31.2 Å². The minimum atomic E-state index is -0.864. The van der Waals surface area contributed by atoms with E-state index in [2.05, 4.69) is 0 Å². The Morgan fingerprint density at radius 2 is 2.14 bits per heavy atom. The highest BCUT2D eigenvalue weighted by molar-refractivity contribution is 5.79. The van der Waals surface area contributed by atoms with E-state index in [1.165, 1.54) is 0 Å². The van der Waals surface area contributed by atoms with Crippen molar-refractivity contribution in [1.82, 2.24) is 4.90 Å². The summed E-state index contributed by atoms with van der Waals surface area (Å²) in [5, 5.41) is 8.88. The highest BCUT2D eigenvalue weighted by atomic mass is 16.5. The van der Waals surface area contributed by atoms with Gasteiger partial charge in [0.25, 0.3) is 5.91 Å². The highest BCUT2D eigenvalue weighted by Crippen LogP contribution is 2.22. The molecule has 1 fully saturated rings. The molecule has 0 bridgehead atoms. The fraction of sp³-hybridized carbons (Fsp3) is 0.500. The first-order valence-corrected chi connectivity index (χ1v) is 7.33. The monoisotopic (exact) mass is 291 g/mol. The summed E-state index contributed by atoms with van der Waals surface area (Å²) in [6.45, 7) is 2.62. The van der Waals surface area contributed by atoms with Crippen molar-refractivity contribution in [3.05, 3.63) is 29.8 Å². The van der Waals surface area contributed by atoms with E-state index >= 15 is 0 Å². The van der Waals surface area contributed by atoms with Crippen LogP contribution < -0.4 is 4.74 Å². The summed E-state index contributed by atoms with van der Waals surface area (Å²) in [5.74, 6) is -0.274. The van der Waals surface area contributed by atoms with E-state index < -0.39 is 5.97 Å². The standard InChI is InChI=1S/C16H21NO4/c1-2-12-6-3-4-8-14(12)21-11-15(18)17-9-5-7-13(17)10-16(19)20/h3-4,6,8,13H,2,5,7,9-11H2,1H3,(H,19,20). The third-order valence-electron chi connectivity index (χ3n) is 3.81. The minimum Gasteiger partial charge on any atom is -0.483 e. The molecule has 1 N–H and O–H groups in total. The fourth-order valence-corrected chi connectivity index (χ4v) is 2.74. The van der Waals surface area contributed by atoms with E-state index in [9.17, 15) is 9.59 Å². The second-order valence-electron chi connectivity index (χ2n) is 5.23. The van der Waals surface area contributed by atoms with Crippen molar-refractivity contribution in [3.8, 4) is 5.75 Å². The number of para-hydroxylation sites is 1. The molecule has 1 aliphatic rings. The van der Waals surface area contributed by atoms with E-state index in [-0.39, 0.29) is 25.0 Å². The summed E-state index contributed by atoms with van der Waals surface area (Å²) in [7, 11) is 0. The number of aryl methyl sites for hydroxylation is 1. The third-order valence-corrected chi connectivity index (χ3v) is 3.81. The lowest BCUT2D eigenvalue weighted by molar-refractivity contribution is -0.140. The summed E-state index contributed by atoms with van der Waals surface area (Å²) < 4.78 is 5.62. The Hall–Kier alpha value is -2.04. The number of carboxylic acid groups (broad SMARTS) is 1. The number of ether oxygens (including phenoxy) is 1. The number of carboxylic acids is 1. The normalized spacial score (nSPS) is 17.8. The molecule has 0 saturated carbocycles. The first-order valence-electron chi connectivity index (χ1n) is 7.33. The Balaban J connectivity index is 1.93. The van der Waals surface area contributed by atoms with Crippen LogP contribution in [0.4, 0.5) is 0 Å². The fourth-order valence-electron chi connectivity index (χ4n) is 2.74. The minimum absolute atomic E-state index is 0.0112. The molecule has 21 heavy (non-hydrogen) atoms. The quantitative estimate of drug-likeness (QED) is 0.871. The van der Waals surface area contributed by atoms with Gasteiger partial charge in [-0.25, -0.2) is 0 Å². The number of hydrogen-bond acceptors (Lipinski definition) is 3. The first kappa shape index (κ1) is 15.4. The molecule has 0 aliphatic carbocycles. The Labute approximate surface area is 124 Å². The van der Waals surface area contributed by atoms with Crippen LogP contribution in [0.3, 0.4) is 0 Å². The van der Waals surface area contributed by atoms with Crippen LogP contribution in [0, 0.1) is 0 Å². The summed E-state index contributed by atoms with van der Waals surface area (Å²) in [5.41, 5.74) is 1.06. The molecule has 1 aromatic carbocycles. The largest absolute Gasteiger partial charge is 0.483 e. The van der Waals surface area contributed by atoms with Gasteiger partial charge < -0.3 is 14.7 Å². The van der Waals surface area contributed by atoms with E-state index in [1.54, 1.807) is 4.90 Å². The van der Waals surface area contributed by atoms with Crippen LogP contribution in [0.15, 0.2) is 24.3 Å². The van der Waals surface area contributed by atoms with Crippen LogP contribution in [0.5, 0.6) is 5.75 Å². The van der Waals surface area contributed by atoms with Crippen LogP contribution in [-0.4, -0.2) is 41.1 Å². The number of amides is 1. The maximum absolute atomic E-state index is 12.2. The van der Waals surface area contributed by atoms with Gasteiger partial charge in [-0.15, -0.1) is 0 Å². The van der Waals surface area contributed by atoms with Crippen LogP contribution in [0.25, 0.3) is 0 Å². The molecule has 114 valence electrons. The van der Waals surface area contributed by atoms with Crippen LogP contribution in [0.2, 0.25) is 0 Å². The summed E-state index contributed by atoms with van der Waals surface area (Å²) in [6, 6.07) is 7.45. The number of carbonyl (C=O) groups is 2. The van der Waals surface area contributed by atoms with Crippen molar-refractivity contribution >= 4 is 11.9 Å². The zero-order chi connectivity index (χ0) is 15.2. The second kappa shape index (κ2) is 7.11. The topological polar surface area (TPSA) is 66.8 Å². The number of likely N-dealkylation sites (tertiary alicyclic amines) is 1. The molecule has 1 atom stereocenters. The molecular formula is C16H21NO4. The number of rotatable bonds is 6. The van der Waals surface area contributed by atoms with Gasteiger partial charge in [-0.3, -0.25) is 9.59 Å². The lowest BCUT2D eigenvalue weighted by atomic mass is 10.1. The van der Waals surface area contributed by atoms with Gasteiger partial charge >= 0.3 is 5.97 Å². The molecule has 5 nitrogen and oxygen atoms in total. The Bertz CT molecular complexity index is 515. The zero-order valence-electron chi connectivity index (χ0n) is 12.2. The van der Waals surface area contributed by atoms with Crippen LogP contribution >= 0.6 is 0 Å². The van der Waals surface area contributed by atoms with Gasteiger partial charge in [0.05, 0.1) is 6.42 Å². The van der Waals surface area contributed by atoms with Gasteiger partial charge in [-0.2, -0.15) is 0 Å². The van der Waals surface area contributed by atoms with Crippen molar-refractivity contribution in [3.63, 3.8) is 0 Å². The Morgan fingerprint density at radius 3 is 2.86 bits per heavy atom. The molecule has 1 aromatic rings. The predicted molar refractivity (Wildman–Crippen MR) is 78.3 cm³/mol. The average molecular weight is 291 g/mol. The van der Waals surface area contributed by atoms with E-state index in [4.69, 9.17) is 9.84 Å². The van der Waals surface area contributed by atoms with E-state index in [0.717, 1.165) is 30.6 Å². The smallest absolute Gasteiger partial charge is 0.305 e. The van der Waals surface area contributed by atoms with Gasteiger partial charge in [0.2, 0.25) is 0 Å². The molecule has 2 rings (SSSR count). The first-order chi connectivity index (χ1) is 10.1. The van der Waals surface area contributed by atoms with Gasteiger partial charge in [-0.05, 0) is 30.9 Å². The molecule has 1 aliphatic heterocycles. The molecule has 0 spiro atoms. The lowest BCUT2D eigenvalue weighted by Gasteiger charge is -2.23. The van der Waals surface area contributed by atoms with Crippen molar-refractivity contribution in [2.45, 2.75) is 38.6 Å². The van der Waals surface area contributed by atoms with Gasteiger partial charge in [-0.1, -0.05) is 25.1 Å². The van der Waals surface area contributed by atoms with Crippen LogP contribution in [0.1, 0.15) is 31.7 Å². The van der Waals surface area contributed by atoms with Crippen molar-refractivity contribution < 1.29 is 19.4 Å². The number of nitrogens with zero attached hydrogens (tertiary/aromatic N) is 1. The molecule has 1 saturated heterocycles. The van der Waals surface area contributed by atoms with Gasteiger partial charge in [0.15, 0.2) is 6.61 Å². The lowest BCUT2D eigenvalue weighted by Crippen LogP contribution is -2.39. The predicted octanol–water partition coefficient (Wildman–Crippen LogP) is 2.09. The second-order valence-corrected chi connectivity index (χ2v) is 5.23. The summed E-state index contributed by atoms with van der Waals surface area (Å²) >= 11 is 0. The number of benzene rings is 1. The van der Waals surface area contributed by atoms with Gasteiger partial charge in [0.1, 0.15) is 5.75 Å².